The monoisotopic (exact) mass is 340 g/mol. The SMILES string of the molecule is O=C(NCCc1ccc2c(c1)CCO2)C1COCCN1CC(F)F. The van der Waals surface area contributed by atoms with Gasteiger partial charge in [0.2, 0.25) is 5.91 Å². The second kappa shape index (κ2) is 7.90. The summed E-state index contributed by atoms with van der Waals surface area (Å²) in [6.45, 7) is 1.69. The van der Waals surface area contributed by atoms with Gasteiger partial charge in [0.15, 0.2) is 0 Å². The van der Waals surface area contributed by atoms with Crippen LogP contribution >= 0.6 is 0 Å². The van der Waals surface area contributed by atoms with E-state index in [2.05, 4.69) is 11.4 Å². The molecule has 0 bridgehead atoms. The van der Waals surface area contributed by atoms with E-state index in [1.54, 1.807) is 0 Å². The minimum Gasteiger partial charge on any atom is -0.493 e. The number of ether oxygens (including phenoxy) is 2. The zero-order valence-electron chi connectivity index (χ0n) is 13.5. The van der Waals surface area contributed by atoms with E-state index in [1.165, 1.54) is 10.5 Å². The van der Waals surface area contributed by atoms with Crippen molar-refractivity contribution < 1.29 is 23.0 Å². The van der Waals surface area contributed by atoms with Crippen molar-refractivity contribution in [3.63, 3.8) is 0 Å². The molecule has 5 nitrogen and oxygen atoms in total. The number of fused-ring (bicyclic) bond motifs is 1. The van der Waals surface area contributed by atoms with Crippen LogP contribution in [0, 0.1) is 0 Å². The van der Waals surface area contributed by atoms with Gasteiger partial charge in [-0.3, -0.25) is 9.69 Å². The molecule has 2 heterocycles. The summed E-state index contributed by atoms with van der Waals surface area (Å²) in [6.07, 6.45) is -0.842. The lowest BCUT2D eigenvalue weighted by atomic mass is 10.1. The average molecular weight is 340 g/mol. The Balaban J connectivity index is 1.49. The molecular weight excluding hydrogens is 318 g/mol. The van der Waals surface area contributed by atoms with Crippen molar-refractivity contribution in [2.24, 2.45) is 0 Å². The molecule has 1 amide bonds. The third-order valence-corrected chi connectivity index (χ3v) is 4.38. The molecule has 0 saturated carbocycles. The Labute approximate surface area is 139 Å². The summed E-state index contributed by atoms with van der Waals surface area (Å²) in [5.74, 6) is 0.685. The van der Waals surface area contributed by atoms with Crippen molar-refractivity contribution >= 4 is 5.91 Å². The number of carbonyl (C=O) groups excluding carboxylic acids is 1. The first kappa shape index (κ1) is 17.1. The third-order valence-electron chi connectivity index (χ3n) is 4.38. The Hall–Kier alpha value is -1.73. The van der Waals surface area contributed by atoms with Crippen LogP contribution in [0.4, 0.5) is 8.78 Å². The molecule has 0 radical (unpaired) electrons. The highest BCUT2D eigenvalue weighted by Crippen LogP contribution is 2.25. The van der Waals surface area contributed by atoms with Crippen molar-refractivity contribution in [2.45, 2.75) is 25.3 Å². The maximum atomic E-state index is 12.6. The topological polar surface area (TPSA) is 50.8 Å². The molecule has 1 aromatic carbocycles. The van der Waals surface area contributed by atoms with Gasteiger partial charge in [-0.15, -0.1) is 0 Å². The third kappa shape index (κ3) is 4.21. The summed E-state index contributed by atoms with van der Waals surface area (Å²) in [4.78, 5) is 13.8. The van der Waals surface area contributed by atoms with Crippen LogP contribution in [-0.2, 0) is 22.4 Å². The normalized spacial score (nSPS) is 20.7. The first-order valence-corrected chi connectivity index (χ1v) is 8.26. The Morgan fingerprint density at radius 2 is 2.25 bits per heavy atom. The van der Waals surface area contributed by atoms with Crippen LogP contribution in [0.2, 0.25) is 0 Å². The lowest BCUT2D eigenvalue weighted by Gasteiger charge is -2.34. The Kier molecular flexibility index (Phi) is 5.63. The van der Waals surface area contributed by atoms with E-state index < -0.39 is 19.0 Å². The standard InChI is InChI=1S/C17H22F2N2O3/c18-16(19)10-21-6-8-23-11-14(21)17(22)20-5-3-12-1-2-15-13(9-12)4-7-24-15/h1-2,9,14,16H,3-8,10-11H2,(H,20,22). The minimum atomic E-state index is -2.45. The number of hydrogen-bond acceptors (Lipinski definition) is 4. The summed E-state index contributed by atoms with van der Waals surface area (Å²) in [5, 5.41) is 2.84. The van der Waals surface area contributed by atoms with E-state index in [4.69, 9.17) is 9.47 Å². The van der Waals surface area contributed by atoms with Crippen molar-refractivity contribution in [2.75, 3.05) is 39.5 Å². The van der Waals surface area contributed by atoms with Gasteiger partial charge in [0.25, 0.3) is 6.43 Å². The molecule has 0 spiro atoms. The number of halogens is 2. The number of amides is 1. The molecule has 2 aliphatic rings. The van der Waals surface area contributed by atoms with Crippen molar-refractivity contribution in [1.82, 2.24) is 10.2 Å². The van der Waals surface area contributed by atoms with Gasteiger partial charge in [0.05, 0.1) is 26.4 Å². The van der Waals surface area contributed by atoms with Crippen LogP contribution in [0.5, 0.6) is 5.75 Å². The van der Waals surface area contributed by atoms with E-state index in [1.807, 2.05) is 12.1 Å². The minimum absolute atomic E-state index is 0.161. The second-order valence-corrected chi connectivity index (χ2v) is 6.06. The molecule has 1 aromatic rings. The number of carbonyl (C=O) groups is 1. The molecule has 1 unspecified atom stereocenters. The van der Waals surface area contributed by atoms with Gasteiger partial charge >= 0.3 is 0 Å². The molecule has 1 atom stereocenters. The summed E-state index contributed by atoms with van der Waals surface area (Å²) in [7, 11) is 0. The average Bonchev–Trinajstić information content (AvgIpc) is 3.02. The zero-order chi connectivity index (χ0) is 16.9. The fourth-order valence-electron chi connectivity index (χ4n) is 3.12. The van der Waals surface area contributed by atoms with E-state index in [0.29, 0.717) is 26.1 Å². The van der Waals surface area contributed by atoms with Crippen molar-refractivity contribution in [1.29, 1.82) is 0 Å². The van der Waals surface area contributed by atoms with Gasteiger partial charge in [-0.2, -0.15) is 0 Å². The van der Waals surface area contributed by atoms with Gasteiger partial charge in [0.1, 0.15) is 11.8 Å². The van der Waals surface area contributed by atoms with E-state index in [0.717, 1.165) is 24.3 Å². The molecule has 132 valence electrons. The lowest BCUT2D eigenvalue weighted by molar-refractivity contribution is -0.133. The second-order valence-electron chi connectivity index (χ2n) is 6.06. The van der Waals surface area contributed by atoms with E-state index in [-0.39, 0.29) is 12.5 Å². The number of morpholine rings is 1. The molecule has 1 N–H and O–H groups in total. The summed E-state index contributed by atoms with van der Waals surface area (Å²) in [5.41, 5.74) is 2.33. The first-order valence-electron chi connectivity index (χ1n) is 8.26. The Morgan fingerprint density at radius 1 is 1.38 bits per heavy atom. The molecule has 1 fully saturated rings. The number of nitrogens with one attached hydrogen (secondary N) is 1. The lowest BCUT2D eigenvalue weighted by Crippen LogP contribution is -2.55. The highest BCUT2D eigenvalue weighted by molar-refractivity contribution is 5.82. The fraction of sp³-hybridized carbons (Fsp3) is 0.588. The summed E-state index contributed by atoms with van der Waals surface area (Å²) in [6, 6.07) is 5.41. The van der Waals surface area contributed by atoms with E-state index >= 15 is 0 Å². The molecule has 7 heteroatoms. The molecular formula is C17H22F2N2O3. The van der Waals surface area contributed by atoms with Gasteiger partial charge < -0.3 is 14.8 Å². The highest BCUT2D eigenvalue weighted by Gasteiger charge is 2.30. The smallest absolute Gasteiger partial charge is 0.251 e. The van der Waals surface area contributed by atoms with Crippen LogP contribution in [0.15, 0.2) is 18.2 Å². The van der Waals surface area contributed by atoms with Crippen LogP contribution < -0.4 is 10.1 Å². The van der Waals surface area contributed by atoms with Crippen LogP contribution in [-0.4, -0.2) is 62.7 Å². The predicted molar refractivity (Wildman–Crippen MR) is 84.5 cm³/mol. The van der Waals surface area contributed by atoms with Crippen molar-refractivity contribution in [3.8, 4) is 5.75 Å². The quantitative estimate of drug-likeness (QED) is 0.847. The van der Waals surface area contributed by atoms with Crippen LogP contribution in [0.1, 0.15) is 11.1 Å². The number of nitrogens with zero attached hydrogens (tertiary/aromatic N) is 1. The highest BCUT2D eigenvalue weighted by atomic mass is 19.3. The van der Waals surface area contributed by atoms with Gasteiger partial charge in [-0.1, -0.05) is 12.1 Å². The van der Waals surface area contributed by atoms with Gasteiger partial charge in [-0.25, -0.2) is 8.78 Å². The number of hydrogen-bond donors (Lipinski definition) is 1. The fourth-order valence-corrected chi connectivity index (χ4v) is 3.12. The van der Waals surface area contributed by atoms with Crippen LogP contribution in [0.25, 0.3) is 0 Å². The number of alkyl halides is 2. The van der Waals surface area contributed by atoms with Gasteiger partial charge in [0, 0.05) is 19.5 Å². The van der Waals surface area contributed by atoms with Crippen LogP contribution in [0.3, 0.4) is 0 Å². The first-order chi connectivity index (χ1) is 11.6. The molecule has 3 rings (SSSR count). The maximum Gasteiger partial charge on any atom is 0.251 e. The summed E-state index contributed by atoms with van der Waals surface area (Å²) >= 11 is 0. The molecule has 24 heavy (non-hydrogen) atoms. The predicted octanol–water partition coefficient (Wildman–Crippen LogP) is 1.25. The summed E-state index contributed by atoms with van der Waals surface area (Å²) < 4.78 is 36.0. The van der Waals surface area contributed by atoms with E-state index in [9.17, 15) is 13.6 Å². The zero-order valence-corrected chi connectivity index (χ0v) is 13.5. The van der Waals surface area contributed by atoms with Gasteiger partial charge in [-0.05, 0) is 23.6 Å². The van der Waals surface area contributed by atoms with Crippen molar-refractivity contribution in [3.05, 3.63) is 29.3 Å². The number of benzene rings is 1. The Morgan fingerprint density at radius 3 is 3.08 bits per heavy atom. The maximum absolute atomic E-state index is 12.6. The molecule has 1 saturated heterocycles. The molecule has 0 aromatic heterocycles. The largest absolute Gasteiger partial charge is 0.493 e. The molecule has 0 aliphatic carbocycles. The number of rotatable bonds is 6. The Bertz CT molecular complexity index is 583. The molecule has 2 aliphatic heterocycles.